The van der Waals surface area contributed by atoms with Gasteiger partial charge in [0, 0.05) is 39.4 Å². The smallest absolute Gasteiger partial charge is 0.338 e. The number of methoxy groups -OCH3 is 1. The van der Waals surface area contributed by atoms with E-state index in [0.29, 0.717) is 16.7 Å². The van der Waals surface area contributed by atoms with Gasteiger partial charge in [-0.25, -0.2) is 9.59 Å². The maximum Gasteiger partial charge on any atom is 0.338 e. The number of fused-ring (bicyclic) bond motifs is 3. The highest BCUT2D eigenvalue weighted by Crippen LogP contribution is 2.59. The second-order valence-electron chi connectivity index (χ2n) is 15.2. The predicted octanol–water partition coefficient (Wildman–Crippen LogP) is 2.59. The molecule has 5 N–H and O–H groups in total. The lowest BCUT2D eigenvalue weighted by Gasteiger charge is -2.63. The summed E-state index contributed by atoms with van der Waals surface area (Å²) in [5.74, 6) is -3.93. The van der Waals surface area contributed by atoms with E-state index >= 15 is 4.79 Å². The van der Waals surface area contributed by atoms with Gasteiger partial charge in [0.2, 0.25) is 5.91 Å². The van der Waals surface area contributed by atoms with E-state index in [0.717, 1.165) is 0 Å². The molecule has 288 valence electrons. The molecule has 9 unspecified atom stereocenters. The molecule has 5 rings (SSSR count). The Morgan fingerprint density at radius 1 is 1.02 bits per heavy atom. The Balaban J connectivity index is 1.59. The van der Waals surface area contributed by atoms with E-state index in [1.807, 2.05) is 13.8 Å². The third-order valence-corrected chi connectivity index (χ3v) is 11.4. The molecule has 2 aromatic carbocycles. The Labute approximate surface area is 309 Å². The predicted molar refractivity (Wildman–Crippen MR) is 190 cm³/mol. The zero-order chi connectivity index (χ0) is 38.9. The minimum Gasteiger partial charge on any atom is -0.458 e. The molecule has 1 heterocycles. The summed E-state index contributed by atoms with van der Waals surface area (Å²) < 4.78 is 23.7. The second-order valence-corrected chi connectivity index (χ2v) is 15.2. The summed E-state index contributed by atoms with van der Waals surface area (Å²) in [5.41, 5.74) is -2.97. The van der Waals surface area contributed by atoms with Crippen LogP contribution >= 0.6 is 0 Å². The van der Waals surface area contributed by atoms with Gasteiger partial charge in [0.1, 0.15) is 23.9 Å². The number of aliphatic hydroxyl groups excluding tert-OH is 3. The van der Waals surface area contributed by atoms with E-state index in [2.05, 4.69) is 5.32 Å². The lowest BCUT2D eigenvalue weighted by molar-refractivity contribution is -0.328. The van der Waals surface area contributed by atoms with Gasteiger partial charge in [0.15, 0.2) is 11.9 Å². The Hall–Kier alpha value is -3.98. The quantitative estimate of drug-likeness (QED) is 0.167. The maximum atomic E-state index is 15.0. The van der Waals surface area contributed by atoms with Crippen LogP contribution in [0.1, 0.15) is 75.8 Å². The van der Waals surface area contributed by atoms with Crippen LogP contribution in [0.15, 0.2) is 71.8 Å². The third kappa shape index (κ3) is 7.56. The van der Waals surface area contributed by atoms with Crippen LogP contribution in [0.2, 0.25) is 0 Å². The fourth-order valence-corrected chi connectivity index (χ4v) is 8.71. The van der Waals surface area contributed by atoms with E-state index in [1.54, 1.807) is 74.5 Å². The third-order valence-electron chi connectivity index (χ3n) is 11.4. The van der Waals surface area contributed by atoms with Crippen LogP contribution in [0, 0.1) is 16.7 Å². The van der Waals surface area contributed by atoms with Crippen LogP contribution in [-0.4, -0.2) is 107 Å². The molecule has 0 spiro atoms. The first-order chi connectivity index (χ1) is 25.0. The van der Waals surface area contributed by atoms with Gasteiger partial charge in [-0.15, -0.1) is 0 Å². The van der Waals surface area contributed by atoms with Crippen LogP contribution in [0.3, 0.4) is 0 Å². The highest BCUT2D eigenvalue weighted by molar-refractivity contribution is 5.94. The van der Waals surface area contributed by atoms with Crippen LogP contribution in [-0.2, 0) is 33.3 Å². The molecule has 1 saturated heterocycles. The summed E-state index contributed by atoms with van der Waals surface area (Å²) in [5, 5.41) is 47.8. The van der Waals surface area contributed by atoms with Crippen LogP contribution in [0.4, 0.5) is 0 Å². The molecule has 1 amide bonds. The van der Waals surface area contributed by atoms with Gasteiger partial charge in [0.25, 0.3) is 0 Å². The lowest BCUT2D eigenvalue weighted by Crippen LogP contribution is -2.77. The number of carbonyl (C=O) groups excluding carboxylic acids is 4. The number of nitrogens with one attached hydrogen (secondary N) is 1. The van der Waals surface area contributed by atoms with E-state index in [1.165, 1.54) is 14.0 Å². The number of rotatable bonds is 11. The number of benzene rings is 2. The first-order valence-electron chi connectivity index (χ1n) is 17.9. The Morgan fingerprint density at radius 2 is 1.64 bits per heavy atom. The fraction of sp³-hybridized carbons (Fsp3) is 0.550. The lowest BCUT2D eigenvalue weighted by atomic mass is 9.49. The molecule has 0 bridgehead atoms. The molecular weight excluding hydrogens is 686 g/mol. The number of ether oxygens (including phenoxy) is 4. The number of carbonyl (C=O) groups is 4. The number of amides is 1. The summed E-state index contributed by atoms with van der Waals surface area (Å²) in [6, 6.07) is 15.6. The first-order valence-corrected chi connectivity index (χ1v) is 17.9. The van der Waals surface area contributed by atoms with Crippen molar-refractivity contribution in [1.82, 2.24) is 5.32 Å². The molecule has 0 radical (unpaired) electrons. The molecule has 10 atom stereocenters. The van der Waals surface area contributed by atoms with Gasteiger partial charge in [-0.3, -0.25) is 9.59 Å². The highest BCUT2D eigenvalue weighted by atomic mass is 16.6. The zero-order valence-corrected chi connectivity index (χ0v) is 31.0. The molecule has 3 fully saturated rings. The second kappa shape index (κ2) is 15.8. The van der Waals surface area contributed by atoms with Crippen LogP contribution < -0.4 is 5.32 Å². The average molecular weight is 738 g/mol. The summed E-state index contributed by atoms with van der Waals surface area (Å²) in [6.45, 7) is 7.48. The Bertz CT molecular complexity index is 1700. The van der Waals surface area contributed by atoms with Crippen molar-refractivity contribution in [2.75, 3.05) is 20.3 Å². The van der Waals surface area contributed by atoms with Crippen molar-refractivity contribution in [2.24, 2.45) is 16.7 Å². The number of esters is 2. The largest absolute Gasteiger partial charge is 0.458 e. The van der Waals surface area contributed by atoms with Gasteiger partial charge in [0.05, 0.1) is 35.8 Å². The SMILES string of the molecule is COC1C(=O)[C@]2(C)C(O)CC3OCC3(O)C2C(OC(=O)c2ccccc2)CC(C)(C)/C1=C(/C)C(CCO)OC(=O)C(O)C(NC(C)=O)c1ccccc1. The van der Waals surface area contributed by atoms with Crippen LogP contribution in [0.25, 0.3) is 0 Å². The van der Waals surface area contributed by atoms with Gasteiger partial charge >= 0.3 is 11.9 Å². The van der Waals surface area contributed by atoms with Crippen molar-refractivity contribution in [2.45, 2.75) is 102 Å². The monoisotopic (exact) mass is 737 g/mol. The first kappa shape index (κ1) is 40.2. The van der Waals surface area contributed by atoms with E-state index in [4.69, 9.17) is 18.9 Å². The fourth-order valence-electron chi connectivity index (χ4n) is 8.71. The molecule has 13 heteroatoms. The normalized spacial score (nSPS) is 31.9. The molecule has 2 aromatic rings. The Kier molecular flexibility index (Phi) is 12.0. The molecule has 3 aliphatic rings. The number of Topliss-reactive ketones (excluding diaryl/α,β-unsaturated/α-hetero) is 1. The minimum atomic E-state index is -1.84. The minimum absolute atomic E-state index is 0.0361. The molecule has 0 aromatic heterocycles. The van der Waals surface area contributed by atoms with Crippen molar-refractivity contribution >= 4 is 23.6 Å². The summed E-state index contributed by atoms with van der Waals surface area (Å²) in [6.07, 6.45) is -7.74. The maximum absolute atomic E-state index is 15.0. The van der Waals surface area contributed by atoms with E-state index < -0.39 is 95.3 Å². The standard InChI is InChI=1S/C40H51NO12/c1-22(26(17-18-42)52-37(48)32(45)31(41-23(2)43)24-13-9-7-10-14-24)30-33(50-6)35(46)39(5)28(44)19-29-40(49,21-51-29)34(39)27(20-38(30,3)4)53-36(47)25-15-11-8-12-16-25/h7-16,26-29,31-34,42,44-45,49H,17-21H2,1-6H3,(H,41,43)/b30-22-/t26?,27?,28?,29?,31?,32?,33?,34?,39-,40?/m1/s1. The summed E-state index contributed by atoms with van der Waals surface area (Å²) in [7, 11) is 1.34. The molecule has 13 nitrogen and oxygen atoms in total. The van der Waals surface area contributed by atoms with Crippen molar-refractivity contribution in [3.63, 3.8) is 0 Å². The summed E-state index contributed by atoms with van der Waals surface area (Å²) in [4.78, 5) is 54.4. The van der Waals surface area contributed by atoms with Crippen molar-refractivity contribution in [1.29, 1.82) is 0 Å². The van der Waals surface area contributed by atoms with E-state index in [9.17, 15) is 34.8 Å². The van der Waals surface area contributed by atoms with Gasteiger partial charge < -0.3 is 44.7 Å². The molecule has 53 heavy (non-hydrogen) atoms. The van der Waals surface area contributed by atoms with Crippen molar-refractivity contribution in [3.8, 4) is 0 Å². The van der Waals surface area contributed by atoms with Gasteiger partial charge in [-0.2, -0.15) is 0 Å². The van der Waals surface area contributed by atoms with Gasteiger partial charge in [-0.05, 0) is 54.5 Å². The molecule has 1 aliphatic heterocycles. The van der Waals surface area contributed by atoms with E-state index in [-0.39, 0.29) is 31.4 Å². The zero-order valence-electron chi connectivity index (χ0n) is 31.0. The van der Waals surface area contributed by atoms with Crippen LogP contribution in [0.5, 0.6) is 0 Å². The Morgan fingerprint density at radius 3 is 2.19 bits per heavy atom. The summed E-state index contributed by atoms with van der Waals surface area (Å²) >= 11 is 0. The van der Waals surface area contributed by atoms with Crippen molar-refractivity contribution < 1.29 is 58.6 Å². The number of ketones is 1. The average Bonchev–Trinajstić information content (AvgIpc) is 3.12. The molecule has 2 aliphatic carbocycles. The van der Waals surface area contributed by atoms with Crippen molar-refractivity contribution in [3.05, 3.63) is 82.9 Å². The topological polar surface area (TPSA) is 198 Å². The molecule has 2 saturated carbocycles. The number of hydrogen-bond acceptors (Lipinski definition) is 12. The number of aliphatic hydroxyl groups is 4. The highest BCUT2D eigenvalue weighted by Gasteiger charge is 2.71. The molecular formula is C40H51NO12. The number of hydrogen-bond donors (Lipinski definition) is 5. The van der Waals surface area contributed by atoms with Gasteiger partial charge in [-0.1, -0.05) is 62.4 Å².